The molecule has 1 aromatic carbocycles. The molecule has 6 heteroatoms. The summed E-state index contributed by atoms with van der Waals surface area (Å²) < 4.78 is 37.3. The average Bonchev–Trinajstić information content (AvgIpc) is 2.45. The predicted octanol–water partition coefficient (Wildman–Crippen LogP) is 3.17. The first-order valence-corrected chi connectivity index (χ1v) is 6.28. The van der Waals surface area contributed by atoms with Crippen molar-refractivity contribution < 1.29 is 23.0 Å². The van der Waals surface area contributed by atoms with Gasteiger partial charge in [-0.25, -0.2) is 13.6 Å². The molecule has 0 fully saturated rings. The van der Waals surface area contributed by atoms with Gasteiger partial charge in [-0.2, -0.15) is 0 Å². The monoisotopic (exact) mass is 274 g/mol. The molecule has 1 aromatic rings. The number of fused-ring (bicyclic) bond motifs is 1. The Morgan fingerprint density at radius 2 is 2.28 bits per heavy atom. The number of methoxy groups -OCH3 is 1. The summed E-state index contributed by atoms with van der Waals surface area (Å²) in [5.74, 6) is -1.34. The smallest absolute Gasteiger partial charge is 0.337 e. The second kappa shape index (κ2) is 5.14. The van der Waals surface area contributed by atoms with E-state index in [1.165, 1.54) is 13.2 Å². The molecule has 0 aromatic heterocycles. The molecule has 1 aliphatic heterocycles. The van der Waals surface area contributed by atoms with Crippen molar-refractivity contribution in [3.05, 3.63) is 23.5 Å². The highest BCUT2D eigenvalue weighted by Crippen LogP contribution is 2.41. The number of carbonyl (C=O) groups is 1. The van der Waals surface area contributed by atoms with Crippen molar-refractivity contribution in [3.8, 4) is 5.75 Å². The van der Waals surface area contributed by atoms with E-state index < -0.39 is 23.4 Å². The summed E-state index contributed by atoms with van der Waals surface area (Å²) in [4.78, 5) is 11.6. The fourth-order valence-corrected chi connectivity index (χ4v) is 2.79. The molecule has 0 aliphatic carbocycles. The number of hydrogen-bond acceptors (Lipinski definition) is 4. The van der Waals surface area contributed by atoms with Gasteiger partial charge < -0.3 is 9.47 Å². The van der Waals surface area contributed by atoms with Gasteiger partial charge in [0.25, 0.3) is 0 Å². The van der Waals surface area contributed by atoms with Gasteiger partial charge in [0.1, 0.15) is 0 Å². The largest absolute Gasteiger partial charge is 0.486 e. The Labute approximate surface area is 107 Å². The molecule has 1 unspecified atom stereocenters. The van der Waals surface area contributed by atoms with Crippen LogP contribution in [0.1, 0.15) is 23.7 Å². The molecule has 0 N–H and O–H groups in total. The third-order valence-corrected chi connectivity index (χ3v) is 3.53. The minimum Gasteiger partial charge on any atom is -0.486 e. The third kappa shape index (κ3) is 2.58. The summed E-state index contributed by atoms with van der Waals surface area (Å²) in [5.41, 5.74) is -1.14. The van der Waals surface area contributed by atoms with E-state index in [9.17, 15) is 13.6 Å². The lowest BCUT2D eigenvalue weighted by Crippen LogP contribution is -2.14. The van der Waals surface area contributed by atoms with Crippen LogP contribution in [0.2, 0.25) is 0 Å². The summed E-state index contributed by atoms with van der Waals surface area (Å²) in [7, 11) is 1.20. The minimum atomic E-state index is -1.19. The summed E-state index contributed by atoms with van der Waals surface area (Å²) in [6.45, 7) is 1.68. The van der Waals surface area contributed by atoms with E-state index in [4.69, 9.17) is 4.74 Å². The Morgan fingerprint density at radius 3 is 2.94 bits per heavy atom. The van der Waals surface area contributed by atoms with Crippen LogP contribution in [0.4, 0.5) is 8.78 Å². The Hall–Kier alpha value is -1.30. The Bertz CT molecular complexity index is 479. The quantitative estimate of drug-likeness (QED) is 0.737. The zero-order chi connectivity index (χ0) is 13.3. The fraction of sp³-hybridized carbons (Fsp3) is 0.417. The van der Waals surface area contributed by atoms with Crippen molar-refractivity contribution in [1.82, 2.24) is 0 Å². The van der Waals surface area contributed by atoms with Gasteiger partial charge in [-0.05, 0) is 19.1 Å². The average molecular weight is 274 g/mol. The highest BCUT2D eigenvalue weighted by Gasteiger charge is 2.26. The molecule has 2 rings (SSSR count). The molecule has 0 amide bonds. The topological polar surface area (TPSA) is 35.5 Å². The molecule has 0 saturated heterocycles. The summed E-state index contributed by atoms with van der Waals surface area (Å²) >= 11 is 0.853. The highest BCUT2D eigenvalue weighted by molar-refractivity contribution is 7.99. The lowest BCUT2D eigenvalue weighted by atomic mass is 10.2. The van der Waals surface area contributed by atoms with Crippen LogP contribution in [-0.4, -0.2) is 24.7 Å². The summed E-state index contributed by atoms with van der Waals surface area (Å²) in [6.07, 6.45) is -0.237. The van der Waals surface area contributed by atoms with Crippen LogP contribution < -0.4 is 4.74 Å². The third-order valence-electron chi connectivity index (χ3n) is 2.52. The first-order valence-electron chi connectivity index (χ1n) is 5.40. The Balaban J connectivity index is 2.46. The number of thioether (sulfide) groups is 1. The number of alkyl halides is 1. The Kier molecular flexibility index (Phi) is 3.75. The molecule has 1 heterocycles. The molecule has 0 radical (unpaired) electrons. The van der Waals surface area contributed by atoms with Crippen molar-refractivity contribution in [3.63, 3.8) is 0 Å². The van der Waals surface area contributed by atoms with Gasteiger partial charge in [-0.15, -0.1) is 0 Å². The molecule has 1 aliphatic rings. The maximum Gasteiger partial charge on any atom is 0.337 e. The number of benzene rings is 1. The summed E-state index contributed by atoms with van der Waals surface area (Å²) in [5, 5.41) is 0. The number of hydrogen-bond donors (Lipinski definition) is 0. The van der Waals surface area contributed by atoms with Crippen LogP contribution in [-0.2, 0) is 4.74 Å². The van der Waals surface area contributed by atoms with Gasteiger partial charge in [0.15, 0.2) is 17.1 Å². The predicted molar refractivity (Wildman–Crippen MR) is 63.2 cm³/mol. The minimum absolute atomic E-state index is 0.000281. The van der Waals surface area contributed by atoms with Crippen LogP contribution in [0.15, 0.2) is 17.0 Å². The summed E-state index contributed by atoms with van der Waals surface area (Å²) in [6, 6.07) is 2.43. The van der Waals surface area contributed by atoms with Crippen molar-refractivity contribution >= 4 is 17.7 Å². The maximum absolute atomic E-state index is 13.8. The normalized spacial score (nSPS) is 22.7. The van der Waals surface area contributed by atoms with E-state index in [1.807, 2.05) is 0 Å². The number of ether oxygens (including phenoxy) is 2. The van der Waals surface area contributed by atoms with E-state index >= 15 is 0 Å². The molecule has 0 bridgehead atoms. The molecule has 2 atom stereocenters. The number of carbonyl (C=O) groups excluding carboxylic acids is 1. The molecular weight excluding hydrogens is 262 g/mol. The molecule has 98 valence electrons. The van der Waals surface area contributed by atoms with E-state index in [0.717, 1.165) is 17.8 Å². The van der Waals surface area contributed by atoms with Crippen LogP contribution >= 0.6 is 11.8 Å². The first kappa shape index (κ1) is 13.1. The maximum atomic E-state index is 13.8. The second-order valence-corrected chi connectivity index (χ2v) is 5.16. The Morgan fingerprint density at radius 1 is 1.56 bits per heavy atom. The number of rotatable bonds is 1. The zero-order valence-corrected chi connectivity index (χ0v) is 10.7. The number of esters is 1. The first-order chi connectivity index (χ1) is 8.51. The van der Waals surface area contributed by atoms with Gasteiger partial charge in [-0.1, -0.05) is 11.8 Å². The van der Waals surface area contributed by atoms with Gasteiger partial charge in [0.05, 0.1) is 23.7 Å². The SMILES string of the molecule is COC(=O)c1cc(F)c2c(c1)S[C@@H](F)CC(C)O2. The van der Waals surface area contributed by atoms with E-state index in [0.29, 0.717) is 0 Å². The number of halogens is 2. The van der Waals surface area contributed by atoms with Crippen LogP contribution in [0.3, 0.4) is 0 Å². The highest BCUT2D eigenvalue weighted by atomic mass is 32.2. The second-order valence-electron chi connectivity index (χ2n) is 3.97. The van der Waals surface area contributed by atoms with Crippen molar-refractivity contribution in [2.75, 3.05) is 7.11 Å². The van der Waals surface area contributed by atoms with Gasteiger partial charge in [-0.3, -0.25) is 0 Å². The zero-order valence-electron chi connectivity index (χ0n) is 9.91. The molecular formula is C12H12F2O3S. The molecule has 18 heavy (non-hydrogen) atoms. The standard InChI is InChI=1S/C12H12F2O3S/c1-6-3-10(14)18-9-5-7(12(15)16-2)4-8(13)11(9)17-6/h4-6,10H,3H2,1-2H3/t6?,10-/m1/s1. The molecule has 0 spiro atoms. The lowest BCUT2D eigenvalue weighted by molar-refractivity contribution is 0.0599. The lowest BCUT2D eigenvalue weighted by Gasteiger charge is -2.13. The van der Waals surface area contributed by atoms with Gasteiger partial charge in [0.2, 0.25) is 0 Å². The van der Waals surface area contributed by atoms with Crippen molar-refractivity contribution in [2.45, 2.75) is 29.8 Å². The van der Waals surface area contributed by atoms with E-state index in [2.05, 4.69) is 4.74 Å². The van der Waals surface area contributed by atoms with Crippen molar-refractivity contribution in [1.29, 1.82) is 0 Å². The van der Waals surface area contributed by atoms with Crippen LogP contribution in [0, 0.1) is 5.82 Å². The van der Waals surface area contributed by atoms with Gasteiger partial charge >= 0.3 is 5.97 Å². The molecule has 3 nitrogen and oxygen atoms in total. The fourth-order valence-electron chi connectivity index (χ4n) is 1.70. The van der Waals surface area contributed by atoms with Gasteiger partial charge in [0, 0.05) is 6.42 Å². The van der Waals surface area contributed by atoms with Crippen LogP contribution in [0.5, 0.6) is 5.75 Å². The van der Waals surface area contributed by atoms with Crippen molar-refractivity contribution in [2.24, 2.45) is 0 Å². The van der Waals surface area contributed by atoms with E-state index in [1.54, 1.807) is 6.92 Å². The van der Waals surface area contributed by atoms with E-state index in [-0.39, 0.29) is 22.6 Å². The van der Waals surface area contributed by atoms with Crippen LogP contribution in [0.25, 0.3) is 0 Å². The molecule has 0 saturated carbocycles.